The topological polar surface area (TPSA) is 109 Å². The predicted octanol–water partition coefficient (Wildman–Crippen LogP) is 9.07. The summed E-state index contributed by atoms with van der Waals surface area (Å²) >= 11 is 0. The maximum atomic E-state index is 12.9. The number of aliphatic hydroxyl groups is 1. The molecule has 0 aliphatic carbocycles. The molecule has 3 N–H and O–H groups in total. The fraction of sp³-hybridized carbons (Fsp3) is 0.280. The van der Waals surface area contributed by atoms with Crippen LogP contribution in [0, 0.1) is 5.92 Å². The first-order valence-electron chi connectivity index (χ1n) is 20.2. The average molecular weight is 792 g/mol. The minimum absolute atomic E-state index is 0.0130. The number of carbonyl (C=O) groups is 2. The van der Waals surface area contributed by atoms with E-state index in [0.29, 0.717) is 13.0 Å². The normalized spacial score (nSPS) is 18.9. The van der Waals surface area contributed by atoms with Crippen molar-refractivity contribution in [2.75, 3.05) is 20.7 Å². The van der Waals surface area contributed by atoms with Crippen molar-refractivity contribution in [1.82, 2.24) is 15.5 Å². The number of amides is 2. The van der Waals surface area contributed by atoms with Gasteiger partial charge in [-0.05, 0) is 75.8 Å². The van der Waals surface area contributed by atoms with Crippen molar-refractivity contribution in [3.8, 4) is 11.1 Å². The summed E-state index contributed by atoms with van der Waals surface area (Å²) < 4.78 is 18.5. The van der Waals surface area contributed by atoms with Gasteiger partial charge in [-0.3, -0.25) is 4.90 Å². The van der Waals surface area contributed by atoms with E-state index in [1.54, 1.807) is 0 Å². The lowest BCUT2D eigenvalue weighted by Gasteiger charge is -2.43. The van der Waals surface area contributed by atoms with E-state index in [9.17, 15) is 14.7 Å². The number of rotatable bonds is 14. The Morgan fingerprint density at radius 1 is 0.746 bits per heavy atom. The molecule has 0 saturated carbocycles. The number of ether oxygens (including phenoxy) is 3. The van der Waals surface area contributed by atoms with Crippen LogP contribution in [0.15, 0.2) is 146 Å². The number of carbonyl (C=O) groups excluding carboxylic acids is 2. The molecule has 304 valence electrons. The lowest BCUT2D eigenvalue weighted by atomic mass is 9.89. The molecule has 1 fully saturated rings. The van der Waals surface area contributed by atoms with Crippen LogP contribution in [0.1, 0.15) is 65.7 Å². The molecular weight excluding hydrogens is 739 g/mol. The molecule has 2 amide bonds. The second-order valence-electron chi connectivity index (χ2n) is 15.5. The number of hydrogen-bond acceptors (Lipinski definition) is 7. The highest BCUT2D eigenvalue weighted by Crippen LogP contribution is 2.42. The van der Waals surface area contributed by atoms with Gasteiger partial charge in [0.15, 0.2) is 6.29 Å². The van der Waals surface area contributed by atoms with Crippen LogP contribution in [0.2, 0.25) is 0 Å². The molecule has 1 aliphatic heterocycles. The molecule has 0 bridgehead atoms. The van der Waals surface area contributed by atoms with Gasteiger partial charge in [-0.1, -0.05) is 140 Å². The van der Waals surface area contributed by atoms with E-state index in [0.717, 1.165) is 38.9 Å². The van der Waals surface area contributed by atoms with E-state index in [1.807, 2.05) is 78.9 Å². The molecular formula is C50H53N3O6. The lowest BCUT2D eigenvalue weighted by Crippen LogP contribution is -2.47. The van der Waals surface area contributed by atoms with E-state index in [1.165, 1.54) is 23.4 Å². The summed E-state index contributed by atoms with van der Waals surface area (Å²) in [4.78, 5) is 27.7. The van der Waals surface area contributed by atoms with Crippen LogP contribution in [-0.2, 0) is 38.6 Å². The van der Waals surface area contributed by atoms with Crippen LogP contribution in [0.3, 0.4) is 0 Å². The molecule has 7 rings (SSSR count). The largest absolute Gasteiger partial charge is 0.467 e. The molecule has 6 atom stereocenters. The number of nitrogens with zero attached hydrogens (tertiary/aromatic N) is 1. The molecule has 6 aromatic carbocycles. The average Bonchev–Trinajstić information content (AvgIpc) is 3.28. The van der Waals surface area contributed by atoms with Crippen molar-refractivity contribution in [1.29, 1.82) is 0 Å². The fourth-order valence-electron chi connectivity index (χ4n) is 7.76. The highest BCUT2D eigenvalue weighted by atomic mass is 16.7. The second kappa shape index (κ2) is 19.3. The standard InChI is InChI=1S/C50H53N3O6/c1-33-46(31-53(3)34(2)42-26-23-38-14-8-9-15-44(38)29-42)58-49(59-47(33)40-19-17-36(32-54)18-20-40)41-24-21-39(22-25-41)43-16-10-13-37(27-43)30-51-50(56)52-45(48(55)57-4)28-35-11-6-5-7-12-35/h5-27,29,33-34,45-47,49,54H,28,30-32H2,1-4H3,(H2,51,52,56). The van der Waals surface area contributed by atoms with Gasteiger partial charge in [0, 0.05) is 37.0 Å². The van der Waals surface area contributed by atoms with Gasteiger partial charge in [-0.25, -0.2) is 9.59 Å². The van der Waals surface area contributed by atoms with E-state index in [-0.39, 0.29) is 37.3 Å². The lowest BCUT2D eigenvalue weighted by molar-refractivity contribution is -0.276. The number of esters is 1. The number of benzene rings is 6. The van der Waals surface area contributed by atoms with E-state index in [2.05, 4.69) is 103 Å². The molecule has 1 saturated heterocycles. The molecule has 6 aromatic rings. The minimum Gasteiger partial charge on any atom is -0.467 e. The smallest absolute Gasteiger partial charge is 0.328 e. The highest BCUT2D eigenvalue weighted by Gasteiger charge is 2.39. The summed E-state index contributed by atoms with van der Waals surface area (Å²) in [5.41, 5.74) is 7.90. The zero-order valence-electron chi connectivity index (χ0n) is 34.1. The van der Waals surface area contributed by atoms with Crippen molar-refractivity contribution >= 4 is 22.8 Å². The fourth-order valence-corrected chi connectivity index (χ4v) is 7.76. The summed E-state index contributed by atoms with van der Waals surface area (Å²) in [6.07, 6.45) is -0.629. The Bertz CT molecular complexity index is 2320. The van der Waals surface area contributed by atoms with Gasteiger partial charge in [0.2, 0.25) is 0 Å². The highest BCUT2D eigenvalue weighted by molar-refractivity contribution is 5.84. The Morgan fingerprint density at radius 2 is 1.44 bits per heavy atom. The Balaban J connectivity index is 1.04. The van der Waals surface area contributed by atoms with Crippen LogP contribution in [0.4, 0.5) is 4.79 Å². The first-order valence-corrected chi connectivity index (χ1v) is 20.2. The summed E-state index contributed by atoms with van der Waals surface area (Å²) in [5.74, 6) is -0.458. The Kier molecular flexibility index (Phi) is 13.5. The van der Waals surface area contributed by atoms with Gasteiger partial charge in [0.05, 0.1) is 25.9 Å². The van der Waals surface area contributed by atoms with Crippen LogP contribution in [-0.4, -0.2) is 54.9 Å². The van der Waals surface area contributed by atoms with E-state index in [4.69, 9.17) is 14.2 Å². The summed E-state index contributed by atoms with van der Waals surface area (Å²) in [6, 6.07) is 47.8. The Labute approximate surface area is 346 Å². The van der Waals surface area contributed by atoms with Gasteiger partial charge in [-0.2, -0.15) is 0 Å². The maximum absolute atomic E-state index is 12.9. The van der Waals surface area contributed by atoms with Crippen LogP contribution < -0.4 is 10.6 Å². The molecule has 9 heteroatoms. The Hall–Kier alpha value is -5.84. The summed E-state index contributed by atoms with van der Waals surface area (Å²) in [6.45, 7) is 5.39. The van der Waals surface area contributed by atoms with E-state index >= 15 is 0 Å². The van der Waals surface area contributed by atoms with Gasteiger partial charge in [0.1, 0.15) is 6.04 Å². The van der Waals surface area contributed by atoms with Gasteiger partial charge in [-0.15, -0.1) is 0 Å². The molecule has 0 aromatic heterocycles. The summed E-state index contributed by atoms with van der Waals surface area (Å²) in [5, 5.41) is 17.8. The summed E-state index contributed by atoms with van der Waals surface area (Å²) in [7, 11) is 3.47. The van der Waals surface area contributed by atoms with E-state index < -0.39 is 24.3 Å². The number of likely N-dealkylation sites (N-methyl/N-ethyl adjacent to an activating group) is 1. The van der Waals surface area contributed by atoms with Crippen molar-refractivity contribution < 1.29 is 28.9 Å². The van der Waals surface area contributed by atoms with Crippen molar-refractivity contribution in [3.63, 3.8) is 0 Å². The van der Waals surface area contributed by atoms with Gasteiger partial charge < -0.3 is 30.0 Å². The predicted molar refractivity (Wildman–Crippen MR) is 231 cm³/mol. The van der Waals surface area contributed by atoms with Gasteiger partial charge in [0.25, 0.3) is 0 Å². The van der Waals surface area contributed by atoms with Crippen LogP contribution in [0.25, 0.3) is 21.9 Å². The quantitative estimate of drug-likeness (QED) is 0.0945. The number of nitrogens with one attached hydrogen (secondary N) is 2. The first kappa shape index (κ1) is 41.3. The van der Waals surface area contributed by atoms with Crippen LogP contribution in [0.5, 0.6) is 0 Å². The molecule has 0 radical (unpaired) electrons. The zero-order valence-corrected chi connectivity index (χ0v) is 34.1. The third-order valence-electron chi connectivity index (χ3n) is 11.5. The molecule has 9 nitrogen and oxygen atoms in total. The third kappa shape index (κ3) is 10.2. The molecule has 6 unspecified atom stereocenters. The zero-order chi connectivity index (χ0) is 41.3. The molecule has 0 spiro atoms. The second-order valence-corrected chi connectivity index (χ2v) is 15.5. The number of aliphatic hydroxyl groups excluding tert-OH is 1. The SMILES string of the molecule is COC(=O)C(Cc1ccccc1)NC(=O)NCc1cccc(-c2ccc(C3OC(CN(C)C(C)c4ccc5ccccc5c4)C(C)C(c4ccc(CO)cc4)O3)cc2)c1. The number of methoxy groups -OCH3 is 1. The molecule has 1 heterocycles. The van der Waals surface area contributed by atoms with Crippen molar-refractivity contribution in [2.45, 2.75) is 64.0 Å². The minimum atomic E-state index is -0.815. The monoisotopic (exact) mass is 791 g/mol. The van der Waals surface area contributed by atoms with Crippen LogP contribution >= 0.6 is 0 Å². The van der Waals surface area contributed by atoms with Crippen molar-refractivity contribution in [3.05, 3.63) is 179 Å². The molecule has 1 aliphatic rings. The first-order chi connectivity index (χ1) is 28.7. The number of urea groups is 1. The maximum Gasteiger partial charge on any atom is 0.328 e. The Morgan fingerprint density at radius 3 is 2.17 bits per heavy atom. The third-order valence-corrected chi connectivity index (χ3v) is 11.5. The molecule has 59 heavy (non-hydrogen) atoms. The number of fused-ring (bicyclic) bond motifs is 1. The number of hydrogen-bond donors (Lipinski definition) is 3. The van der Waals surface area contributed by atoms with Gasteiger partial charge >= 0.3 is 12.0 Å². The van der Waals surface area contributed by atoms with Crippen molar-refractivity contribution in [2.24, 2.45) is 5.92 Å².